The van der Waals surface area contributed by atoms with Crippen LogP contribution in [0.3, 0.4) is 0 Å². The van der Waals surface area contributed by atoms with E-state index < -0.39 is 0 Å². The molecule has 3 heteroatoms. The standard InChI is InChI=1S/C16H27NOS/c1-5-17(6-2)11-15-10-14(8-9-16(15)18)13(4)12-19-7-3/h8-10,13,18H,5-7,11-12H2,1-4H3. The van der Waals surface area contributed by atoms with Gasteiger partial charge in [-0.05, 0) is 42.1 Å². The average Bonchev–Trinajstić information content (AvgIpc) is 2.43. The number of aromatic hydroxyl groups is 1. The molecule has 1 unspecified atom stereocenters. The Balaban J connectivity index is 2.81. The third-order valence-electron chi connectivity index (χ3n) is 3.53. The maximum atomic E-state index is 10.0. The topological polar surface area (TPSA) is 23.5 Å². The van der Waals surface area contributed by atoms with Gasteiger partial charge in [-0.15, -0.1) is 0 Å². The molecule has 0 radical (unpaired) electrons. The van der Waals surface area contributed by atoms with Crippen LogP contribution in [-0.4, -0.2) is 34.6 Å². The summed E-state index contributed by atoms with van der Waals surface area (Å²) >= 11 is 1.97. The molecule has 0 aliphatic heterocycles. The molecule has 0 amide bonds. The first-order valence-corrected chi connectivity index (χ1v) is 8.39. The van der Waals surface area contributed by atoms with Gasteiger partial charge in [-0.1, -0.05) is 39.8 Å². The Morgan fingerprint density at radius 2 is 1.89 bits per heavy atom. The van der Waals surface area contributed by atoms with Crippen LogP contribution in [0.25, 0.3) is 0 Å². The summed E-state index contributed by atoms with van der Waals surface area (Å²) in [6.45, 7) is 11.6. The fraction of sp³-hybridized carbons (Fsp3) is 0.625. The number of phenols is 1. The van der Waals surface area contributed by atoms with E-state index >= 15 is 0 Å². The highest BCUT2D eigenvalue weighted by Gasteiger charge is 2.11. The first kappa shape index (κ1) is 16.4. The second kappa shape index (κ2) is 8.49. The van der Waals surface area contributed by atoms with Gasteiger partial charge in [0.05, 0.1) is 0 Å². The second-order valence-corrected chi connectivity index (χ2v) is 6.23. The molecule has 0 aromatic heterocycles. The van der Waals surface area contributed by atoms with Crippen LogP contribution in [0.15, 0.2) is 18.2 Å². The quantitative estimate of drug-likeness (QED) is 0.776. The number of rotatable bonds is 8. The fourth-order valence-electron chi connectivity index (χ4n) is 2.12. The van der Waals surface area contributed by atoms with Crippen LogP contribution in [0.2, 0.25) is 0 Å². The van der Waals surface area contributed by atoms with Crippen molar-refractivity contribution in [2.24, 2.45) is 0 Å². The third-order valence-corrected chi connectivity index (χ3v) is 4.68. The van der Waals surface area contributed by atoms with Gasteiger partial charge < -0.3 is 5.11 Å². The molecular weight excluding hydrogens is 254 g/mol. The lowest BCUT2D eigenvalue weighted by Crippen LogP contribution is -2.22. The zero-order valence-corrected chi connectivity index (χ0v) is 13.5. The van der Waals surface area contributed by atoms with E-state index in [-0.39, 0.29) is 0 Å². The smallest absolute Gasteiger partial charge is 0.120 e. The van der Waals surface area contributed by atoms with Crippen molar-refractivity contribution in [2.75, 3.05) is 24.6 Å². The highest BCUT2D eigenvalue weighted by molar-refractivity contribution is 7.99. The van der Waals surface area contributed by atoms with E-state index in [2.05, 4.69) is 44.7 Å². The molecule has 0 aliphatic carbocycles. The Morgan fingerprint density at radius 3 is 2.47 bits per heavy atom. The molecular formula is C16H27NOS. The van der Waals surface area contributed by atoms with Gasteiger partial charge in [-0.25, -0.2) is 0 Å². The van der Waals surface area contributed by atoms with Crippen molar-refractivity contribution in [1.82, 2.24) is 4.90 Å². The zero-order valence-electron chi connectivity index (χ0n) is 12.6. The van der Waals surface area contributed by atoms with Gasteiger partial charge in [0.15, 0.2) is 0 Å². The van der Waals surface area contributed by atoms with Gasteiger partial charge in [-0.2, -0.15) is 11.8 Å². The van der Waals surface area contributed by atoms with Crippen LogP contribution in [-0.2, 0) is 6.54 Å². The molecule has 0 saturated heterocycles. The molecule has 108 valence electrons. The Bertz CT molecular complexity index is 377. The monoisotopic (exact) mass is 281 g/mol. The predicted octanol–water partition coefficient (Wildman–Crippen LogP) is 4.09. The SMILES string of the molecule is CCSCC(C)c1ccc(O)c(CN(CC)CC)c1. The summed E-state index contributed by atoms with van der Waals surface area (Å²) in [5.74, 6) is 3.27. The van der Waals surface area contributed by atoms with Crippen molar-refractivity contribution in [2.45, 2.75) is 40.2 Å². The molecule has 1 atom stereocenters. The molecule has 1 aromatic rings. The highest BCUT2D eigenvalue weighted by atomic mass is 32.2. The lowest BCUT2D eigenvalue weighted by atomic mass is 10.00. The van der Waals surface area contributed by atoms with Gasteiger partial charge in [0.2, 0.25) is 0 Å². The average molecular weight is 281 g/mol. The number of phenolic OH excluding ortho intramolecular Hbond substituents is 1. The molecule has 1 N–H and O–H groups in total. The van der Waals surface area contributed by atoms with Crippen LogP contribution < -0.4 is 0 Å². The Labute approximate surface area is 122 Å². The van der Waals surface area contributed by atoms with E-state index in [1.54, 1.807) is 0 Å². The maximum Gasteiger partial charge on any atom is 0.120 e. The highest BCUT2D eigenvalue weighted by Crippen LogP contribution is 2.26. The normalized spacial score (nSPS) is 12.9. The number of thioether (sulfide) groups is 1. The summed E-state index contributed by atoms with van der Waals surface area (Å²) in [4.78, 5) is 2.32. The van der Waals surface area contributed by atoms with Crippen molar-refractivity contribution < 1.29 is 5.11 Å². The van der Waals surface area contributed by atoms with Crippen LogP contribution in [0.1, 0.15) is 44.7 Å². The lowest BCUT2D eigenvalue weighted by Gasteiger charge is -2.20. The molecule has 0 fully saturated rings. The van der Waals surface area contributed by atoms with Crippen LogP contribution in [0.5, 0.6) is 5.75 Å². The Morgan fingerprint density at radius 1 is 1.21 bits per heavy atom. The van der Waals surface area contributed by atoms with E-state index in [4.69, 9.17) is 0 Å². The number of hydrogen-bond donors (Lipinski definition) is 1. The fourth-order valence-corrected chi connectivity index (χ4v) is 2.90. The van der Waals surface area contributed by atoms with Crippen LogP contribution in [0, 0.1) is 0 Å². The molecule has 0 bridgehead atoms. The van der Waals surface area contributed by atoms with E-state index in [0.717, 1.165) is 36.7 Å². The summed E-state index contributed by atoms with van der Waals surface area (Å²) in [7, 11) is 0. The number of nitrogens with zero attached hydrogens (tertiary/aromatic N) is 1. The van der Waals surface area contributed by atoms with E-state index in [9.17, 15) is 5.11 Å². The van der Waals surface area contributed by atoms with Gasteiger partial charge >= 0.3 is 0 Å². The Kier molecular flexibility index (Phi) is 7.32. The second-order valence-electron chi connectivity index (χ2n) is 4.91. The van der Waals surface area contributed by atoms with Crippen LogP contribution >= 0.6 is 11.8 Å². The van der Waals surface area contributed by atoms with Crippen LogP contribution in [0.4, 0.5) is 0 Å². The molecule has 0 spiro atoms. The summed E-state index contributed by atoms with van der Waals surface area (Å²) in [6, 6.07) is 6.08. The maximum absolute atomic E-state index is 10.0. The van der Waals surface area contributed by atoms with E-state index in [1.165, 1.54) is 5.56 Å². The van der Waals surface area contributed by atoms with Gasteiger partial charge in [0.25, 0.3) is 0 Å². The first-order valence-electron chi connectivity index (χ1n) is 7.24. The molecule has 0 aliphatic rings. The zero-order chi connectivity index (χ0) is 14.3. The van der Waals surface area contributed by atoms with Crippen molar-refractivity contribution in [3.8, 4) is 5.75 Å². The molecule has 19 heavy (non-hydrogen) atoms. The van der Waals surface area contributed by atoms with Crippen molar-refractivity contribution in [3.05, 3.63) is 29.3 Å². The molecule has 0 heterocycles. The van der Waals surface area contributed by atoms with Gasteiger partial charge in [0, 0.05) is 12.1 Å². The minimum absolute atomic E-state index is 0.422. The van der Waals surface area contributed by atoms with Crippen molar-refractivity contribution >= 4 is 11.8 Å². The van der Waals surface area contributed by atoms with Gasteiger partial charge in [0.1, 0.15) is 5.75 Å². The lowest BCUT2D eigenvalue weighted by molar-refractivity contribution is 0.290. The third kappa shape index (κ3) is 5.07. The molecule has 1 aromatic carbocycles. The number of hydrogen-bond acceptors (Lipinski definition) is 3. The first-order chi connectivity index (χ1) is 9.12. The Hall–Kier alpha value is -0.670. The summed E-state index contributed by atoms with van der Waals surface area (Å²) in [5.41, 5.74) is 2.38. The summed E-state index contributed by atoms with van der Waals surface area (Å²) in [6.07, 6.45) is 0. The molecule has 0 saturated carbocycles. The van der Waals surface area contributed by atoms with E-state index in [1.807, 2.05) is 17.8 Å². The largest absolute Gasteiger partial charge is 0.508 e. The van der Waals surface area contributed by atoms with E-state index in [0.29, 0.717) is 11.7 Å². The van der Waals surface area contributed by atoms with Gasteiger partial charge in [-0.3, -0.25) is 4.90 Å². The minimum Gasteiger partial charge on any atom is -0.508 e. The van der Waals surface area contributed by atoms with Crippen molar-refractivity contribution in [3.63, 3.8) is 0 Å². The molecule has 2 nitrogen and oxygen atoms in total. The molecule has 1 rings (SSSR count). The summed E-state index contributed by atoms with van der Waals surface area (Å²) in [5, 5.41) is 10.0. The summed E-state index contributed by atoms with van der Waals surface area (Å²) < 4.78 is 0. The predicted molar refractivity (Wildman–Crippen MR) is 86.1 cm³/mol. The minimum atomic E-state index is 0.422. The van der Waals surface area contributed by atoms with Crippen molar-refractivity contribution in [1.29, 1.82) is 0 Å². The number of benzene rings is 1.